The van der Waals surface area contributed by atoms with Gasteiger partial charge < -0.3 is 19.4 Å². The van der Waals surface area contributed by atoms with Crippen LogP contribution in [0.25, 0.3) is 0 Å². The molecular formula is C8H16F3NO4S. The molecule has 0 unspecified atom stereocenters. The van der Waals surface area contributed by atoms with E-state index in [2.05, 4.69) is 0 Å². The van der Waals surface area contributed by atoms with Crippen LogP contribution in [0.4, 0.5) is 13.2 Å². The van der Waals surface area contributed by atoms with Crippen LogP contribution in [-0.2, 0) is 25.3 Å². The number of alkyl halides is 3. The van der Waals surface area contributed by atoms with E-state index in [4.69, 9.17) is 24.5 Å². The van der Waals surface area contributed by atoms with Gasteiger partial charge in [-0.2, -0.15) is 18.3 Å². The highest BCUT2D eigenvalue weighted by atomic mass is 32.2. The van der Waals surface area contributed by atoms with Crippen molar-refractivity contribution in [1.82, 2.24) is 0 Å². The molecule has 0 bridgehead atoms. The first-order chi connectivity index (χ1) is 7.75. The standard InChI is InChI=1S/C6H16NO2S.C2HF3O2/c1-8-3-5-10(7)6-4-9-2;3-2(4,5)1(6)7/h3-7H2,1-2H3;(H,6,7)/q+1;/p-1. The number of carboxylic acids is 1. The van der Waals surface area contributed by atoms with Crippen LogP contribution in [0.2, 0.25) is 0 Å². The Hall–Kier alpha value is -0.510. The highest BCUT2D eigenvalue weighted by Gasteiger charge is 2.28. The van der Waals surface area contributed by atoms with E-state index in [1.54, 1.807) is 14.2 Å². The van der Waals surface area contributed by atoms with Crippen LogP contribution in [0.5, 0.6) is 0 Å². The maximum absolute atomic E-state index is 10.5. The van der Waals surface area contributed by atoms with Crippen molar-refractivity contribution in [2.45, 2.75) is 6.18 Å². The third-order valence-electron chi connectivity index (χ3n) is 1.33. The topological polar surface area (TPSA) is 84.6 Å². The molecule has 0 saturated carbocycles. The highest BCUT2D eigenvalue weighted by molar-refractivity contribution is 7.94. The molecule has 0 aromatic carbocycles. The number of ether oxygens (including phenoxy) is 2. The van der Waals surface area contributed by atoms with Crippen LogP contribution in [0.15, 0.2) is 0 Å². The van der Waals surface area contributed by atoms with Gasteiger partial charge in [0.2, 0.25) is 0 Å². The van der Waals surface area contributed by atoms with E-state index in [-0.39, 0.29) is 11.1 Å². The minimum atomic E-state index is -5.19. The number of carboxylic acid groups (broad SMARTS) is 1. The van der Waals surface area contributed by atoms with Gasteiger partial charge in [0.15, 0.2) is 11.5 Å². The summed E-state index contributed by atoms with van der Waals surface area (Å²) in [7, 11) is 3.38. The molecule has 0 saturated heterocycles. The van der Waals surface area contributed by atoms with Gasteiger partial charge in [-0.25, -0.2) is 0 Å². The summed E-state index contributed by atoms with van der Waals surface area (Å²) in [6.45, 7) is 1.51. The lowest BCUT2D eigenvalue weighted by atomic mass is 10.7. The van der Waals surface area contributed by atoms with E-state index < -0.39 is 12.1 Å². The Morgan fingerprint density at radius 1 is 1.24 bits per heavy atom. The molecule has 0 aromatic rings. The Kier molecular flexibility index (Phi) is 11.8. The number of halogens is 3. The van der Waals surface area contributed by atoms with Crippen molar-refractivity contribution in [3.05, 3.63) is 0 Å². The normalized spacial score (nSPS) is 11.0. The van der Waals surface area contributed by atoms with Gasteiger partial charge in [0, 0.05) is 14.2 Å². The fourth-order valence-electron chi connectivity index (χ4n) is 0.483. The number of hydrogen-bond acceptors (Lipinski definition) is 5. The Bertz CT molecular complexity index is 196. The molecule has 0 radical (unpaired) electrons. The van der Waals surface area contributed by atoms with Gasteiger partial charge in [-0.05, 0) is 0 Å². The molecule has 0 aliphatic heterocycles. The Morgan fingerprint density at radius 2 is 1.53 bits per heavy atom. The van der Waals surface area contributed by atoms with Gasteiger partial charge in [0.1, 0.15) is 5.97 Å². The summed E-state index contributed by atoms with van der Waals surface area (Å²) >= 11 is -0.0198. The summed E-state index contributed by atoms with van der Waals surface area (Å²) < 4.78 is 41.3. The van der Waals surface area contributed by atoms with Crippen LogP contribution >= 0.6 is 0 Å². The van der Waals surface area contributed by atoms with Crippen molar-refractivity contribution < 1.29 is 32.5 Å². The van der Waals surface area contributed by atoms with Gasteiger partial charge in [-0.3, -0.25) is 0 Å². The van der Waals surface area contributed by atoms with E-state index >= 15 is 0 Å². The number of rotatable bonds is 6. The molecule has 17 heavy (non-hydrogen) atoms. The second-order valence-corrected chi connectivity index (χ2v) is 4.61. The third-order valence-corrected chi connectivity index (χ3v) is 2.71. The Labute approximate surface area is 101 Å². The number of hydrogen-bond donors (Lipinski definition) is 1. The molecule has 2 N–H and O–H groups in total. The lowest BCUT2D eigenvalue weighted by molar-refractivity contribution is -0.344. The summed E-state index contributed by atoms with van der Waals surface area (Å²) in [6.07, 6.45) is -5.19. The van der Waals surface area contributed by atoms with Crippen LogP contribution in [-0.4, -0.2) is 51.1 Å². The number of carbonyl (C=O) groups is 1. The highest BCUT2D eigenvalue weighted by Crippen LogP contribution is 2.11. The summed E-state index contributed by atoms with van der Waals surface area (Å²) in [6, 6.07) is 0. The molecule has 0 aliphatic carbocycles. The van der Waals surface area contributed by atoms with E-state index in [1.807, 2.05) is 0 Å². The average molecular weight is 279 g/mol. The second-order valence-electron chi connectivity index (χ2n) is 2.72. The first kappa shape index (κ1) is 18.8. The minimum absolute atomic E-state index is 0.0198. The third kappa shape index (κ3) is 15.5. The first-order valence-corrected chi connectivity index (χ1v) is 6.06. The number of carbonyl (C=O) groups excluding carboxylic acids is 1. The molecule has 9 heteroatoms. The fourth-order valence-corrected chi connectivity index (χ4v) is 1.45. The molecule has 0 fully saturated rings. The predicted molar refractivity (Wildman–Crippen MR) is 56.1 cm³/mol. The van der Waals surface area contributed by atoms with E-state index in [0.717, 1.165) is 24.7 Å². The van der Waals surface area contributed by atoms with Crippen molar-refractivity contribution in [2.24, 2.45) is 5.14 Å². The smallest absolute Gasteiger partial charge is 0.430 e. The SMILES string of the molecule is COCC[S+](N)CCOC.O=C([O-])C(F)(F)F. The quantitative estimate of drug-likeness (QED) is 0.635. The first-order valence-electron chi connectivity index (χ1n) is 4.43. The molecule has 0 heterocycles. The van der Waals surface area contributed by atoms with Crippen molar-refractivity contribution in [3.63, 3.8) is 0 Å². The largest absolute Gasteiger partial charge is 0.542 e. The van der Waals surface area contributed by atoms with Gasteiger partial charge in [0.25, 0.3) is 0 Å². The lowest BCUT2D eigenvalue weighted by Crippen LogP contribution is -2.37. The number of methoxy groups -OCH3 is 2. The predicted octanol–water partition coefficient (Wildman–Crippen LogP) is -0.930. The van der Waals surface area contributed by atoms with Crippen LogP contribution in [0.3, 0.4) is 0 Å². The molecule has 0 amide bonds. The average Bonchev–Trinajstić information content (AvgIpc) is 2.23. The van der Waals surface area contributed by atoms with Gasteiger partial charge in [-0.15, -0.1) is 0 Å². The molecule has 0 rings (SSSR count). The zero-order chi connectivity index (χ0) is 13.9. The van der Waals surface area contributed by atoms with E-state index in [1.165, 1.54) is 0 Å². The van der Waals surface area contributed by atoms with Crippen LogP contribution < -0.4 is 10.2 Å². The molecule has 104 valence electrons. The fraction of sp³-hybridized carbons (Fsp3) is 0.875. The number of nitrogens with two attached hydrogens (primary N) is 1. The van der Waals surface area contributed by atoms with Crippen LogP contribution in [0.1, 0.15) is 0 Å². The molecule has 0 aliphatic rings. The molecule has 0 atom stereocenters. The molecule has 0 aromatic heterocycles. The van der Waals surface area contributed by atoms with Crippen molar-refractivity contribution in [2.75, 3.05) is 38.9 Å². The monoisotopic (exact) mass is 279 g/mol. The van der Waals surface area contributed by atoms with Gasteiger partial charge in [-0.1, -0.05) is 0 Å². The lowest BCUT2D eigenvalue weighted by Gasteiger charge is -2.03. The Balaban J connectivity index is 0. The summed E-state index contributed by atoms with van der Waals surface area (Å²) in [5.74, 6) is -1.12. The van der Waals surface area contributed by atoms with E-state index in [9.17, 15) is 13.2 Å². The molecular weight excluding hydrogens is 263 g/mol. The van der Waals surface area contributed by atoms with Gasteiger partial charge in [0.05, 0.1) is 24.3 Å². The van der Waals surface area contributed by atoms with Crippen molar-refractivity contribution in [1.29, 1.82) is 0 Å². The van der Waals surface area contributed by atoms with Gasteiger partial charge >= 0.3 is 6.18 Å². The molecule has 5 nitrogen and oxygen atoms in total. The Morgan fingerprint density at radius 3 is 1.71 bits per heavy atom. The zero-order valence-electron chi connectivity index (χ0n) is 9.58. The summed E-state index contributed by atoms with van der Waals surface area (Å²) in [5, 5.41) is 14.5. The van der Waals surface area contributed by atoms with E-state index in [0.29, 0.717) is 0 Å². The van der Waals surface area contributed by atoms with Crippen LogP contribution in [0, 0.1) is 0 Å². The molecule has 0 spiro atoms. The van der Waals surface area contributed by atoms with Crippen molar-refractivity contribution >= 4 is 17.1 Å². The zero-order valence-corrected chi connectivity index (χ0v) is 10.4. The summed E-state index contributed by atoms with van der Waals surface area (Å²) in [4.78, 5) is 8.78. The maximum Gasteiger partial charge on any atom is 0.430 e. The number of aliphatic carboxylic acids is 1. The van der Waals surface area contributed by atoms with Crippen molar-refractivity contribution in [3.8, 4) is 0 Å². The maximum atomic E-state index is 10.5. The minimum Gasteiger partial charge on any atom is -0.542 e. The summed E-state index contributed by atoms with van der Waals surface area (Å²) in [5.41, 5.74) is 0. The second kappa shape index (κ2) is 10.6.